The number of thioether (sulfide) groups is 1. The minimum atomic E-state index is -0.309. The van der Waals surface area contributed by atoms with Crippen LogP contribution in [0.25, 0.3) is 0 Å². The molecule has 2 unspecified atom stereocenters. The van der Waals surface area contributed by atoms with Crippen molar-refractivity contribution in [3.8, 4) is 0 Å². The number of aliphatic hydroxyl groups is 1. The fourth-order valence-electron chi connectivity index (χ4n) is 0.928. The molecule has 0 spiro atoms. The number of carbonyl (C=O) groups excluding carboxylic acids is 1. The van der Waals surface area contributed by atoms with Crippen LogP contribution in [-0.2, 0) is 4.79 Å². The van der Waals surface area contributed by atoms with Crippen LogP contribution in [0.4, 0.5) is 0 Å². The highest BCUT2D eigenvalue weighted by Crippen LogP contribution is 2.09. The molecule has 0 aromatic carbocycles. The number of carbonyl (C=O) groups is 1. The lowest BCUT2D eigenvalue weighted by Crippen LogP contribution is -2.43. The summed E-state index contributed by atoms with van der Waals surface area (Å²) in [5.41, 5.74) is 5.21. The largest absolute Gasteiger partial charge is 0.396 e. The third-order valence-corrected chi connectivity index (χ3v) is 3.17. The first kappa shape index (κ1) is 13.7. The Morgan fingerprint density at radius 1 is 1.57 bits per heavy atom. The second-order valence-corrected chi connectivity index (χ2v) is 4.41. The molecular weight excluding hydrogens is 200 g/mol. The molecule has 0 saturated carbocycles. The van der Waals surface area contributed by atoms with Crippen molar-refractivity contribution in [3.05, 3.63) is 0 Å². The van der Waals surface area contributed by atoms with Crippen LogP contribution in [0.15, 0.2) is 0 Å². The molecule has 84 valence electrons. The summed E-state index contributed by atoms with van der Waals surface area (Å²) in [7, 11) is 0. The summed E-state index contributed by atoms with van der Waals surface area (Å²) in [6, 6.07) is -0.254. The Morgan fingerprint density at radius 3 is 2.64 bits per heavy atom. The molecule has 0 heterocycles. The van der Waals surface area contributed by atoms with E-state index >= 15 is 0 Å². The molecule has 0 aliphatic heterocycles. The van der Waals surface area contributed by atoms with Crippen molar-refractivity contribution in [3.63, 3.8) is 0 Å². The van der Waals surface area contributed by atoms with Crippen molar-refractivity contribution in [2.45, 2.75) is 19.9 Å². The summed E-state index contributed by atoms with van der Waals surface area (Å²) in [6.07, 6.45) is 0. The van der Waals surface area contributed by atoms with Gasteiger partial charge in [-0.25, -0.2) is 0 Å². The van der Waals surface area contributed by atoms with Gasteiger partial charge in [-0.1, -0.05) is 13.8 Å². The predicted molar refractivity (Wildman–Crippen MR) is 60.2 cm³/mol. The fraction of sp³-hybridized carbons (Fsp3) is 0.889. The molecule has 0 rings (SSSR count). The van der Waals surface area contributed by atoms with Gasteiger partial charge >= 0.3 is 0 Å². The average Bonchev–Trinajstić information content (AvgIpc) is 2.16. The second-order valence-electron chi connectivity index (χ2n) is 3.34. The average molecular weight is 220 g/mol. The van der Waals surface area contributed by atoms with Crippen LogP contribution in [-0.4, -0.2) is 41.7 Å². The second kappa shape index (κ2) is 8.08. The van der Waals surface area contributed by atoms with E-state index in [2.05, 4.69) is 5.32 Å². The van der Waals surface area contributed by atoms with Gasteiger partial charge in [-0.3, -0.25) is 4.79 Å². The number of hydrogen-bond donors (Lipinski definition) is 3. The van der Waals surface area contributed by atoms with Crippen LogP contribution < -0.4 is 11.1 Å². The lowest BCUT2D eigenvalue weighted by molar-refractivity contribution is -0.119. The number of hydrogen-bond acceptors (Lipinski definition) is 4. The molecule has 4 nitrogen and oxygen atoms in total. The van der Waals surface area contributed by atoms with Crippen LogP contribution in [0.3, 0.4) is 0 Å². The topological polar surface area (TPSA) is 75.3 Å². The standard InChI is InChI=1S/C9H20N2O2S/c1-3-11-8(9(10)13)6-14-5-7(2)4-12/h7-8,11-12H,3-6H2,1-2H3,(H2,10,13). The zero-order valence-corrected chi connectivity index (χ0v) is 9.64. The van der Waals surface area contributed by atoms with E-state index < -0.39 is 0 Å². The van der Waals surface area contributed by atoms with E-state index in [4.69, 9.17) is 10.8 Å². The van der Waals surface area contributed by atoms with E-state index in [1.54, 1.807) is 11.8 Å². The van der Waals surface area contributed by atoms with Crippen molar-refractivity contribution in [1.29, 1.82) is 0 Å². The summed E-state index contributed by atoms with van der Waals surface area (Å²) in [4.78, 5) is 10.9. The molecule has 2 atom stereocenters. The Hall–Kier alpha value is -0.260. The van der Waals surface area contributed by atoms with Crippen molar-refractivity contribution < 1.29 is 9.90 Å². The summed E-state index contributed by atoms with van der Waals surface area (Å²) in [5, 5.41) is 11.8. The normalized spacial score (nSPS) is 15.1. The summed E-state index contributed by atoms with van der Waals surface area (Å²) in [6.45, 7) is 4.84. The quantitative estimate of drug-likeness (QED) is 0.530. The van der Waals surface area contributed by atoms with Gasteiger partial charge in [0.2, 0.25) is 5.91 Å². The lowest BCUT2D eigenvalue weighted by atomic mass is 10.2. The number of primary amides is 1. The van der Waals surface area contributed by atoms with E-state index in [9.17, 15) is 4.79 Å². The number of likely N-dealkylation sites (N-methyl/N-ethyl adjacent to an activating group) is 1. The van der Waals surface area contributed by atoms with Crippen molar-refractivity contribution in [2.24, 2.45) is 11.7 Å². The molecular formula is C9H20N2O2S. The van der Waals surface area contributed by atoms with Crippen LogP contribution in [0.1, 0.15) is 13.8 Å². The van der Waals surface area contributed by atoms with E-state index in [1.165, 1.54) is 0 Å². The number of nitrogens with one attached hydrogen (secondary N) is 1. The van der Waals surface area contributed by atoms with Crippen LogP contribution in [0.2, 0.25) is 0 Å². The van der Waals surface area contributed by atoms with Crippen molar-refractivity contribution in [1.82, 2.24) is 5.32 Å². The first-order valence-electron chi connectivity index (χ1n) is 4.83. The predicted octanol–water partition coefficient (Wildman–Crippen LogP) is -0.189. The minimum Gasteiger partial charge on any atom is -0.396 e. The first-order valence-corrected chi connectivity index (χ1v) is 5.98. The molecule has 0 aromatic heterocycles. The smallest absolute Gasteiger partial charge is 0.235 e. The molecule has 0 saturated heterocycles. The van der Waals surface area contributed by atoms with Crippen LogP contribution in [0, 0.1) is 5.92 Å². The van der Waals surface area contributed by atoms with Gasteiger partial charge in [0.25, 0.3) is 0 Å². The molecule has 0 bridgehead atoms. The fourth-order valence-corrected chi connectivity index (χ4v) is 2.09. The van der Waals surface area contributed by atoms with Gasteiger partial charge in [0.15, 0.2) is 0 Å². The number of aliphatic hydroxyl groups excluding tert-OH is 1. The van der Waals surface area contributed by atoms with Crippen molar-refractivity contribution in [2.75, 3.05) is 24.7 Å². The molecule has 5 heteroatoms. The van der Waals surface area contributed by atoms with E-state index in [0.29, 0.717) is 5.75 Å². The number of amides is 1. The molecule has 14 heavy (non-hydrogen) atoms. The maximum atomic E-state index is 10.9. The summed E-state index contributed by atoms with van der Waals surface area (Å²) >= 11 is 1.64. The first-order chi connectivity index (χ1) is 6.61. The zero-order chi connectivity index (χ0) is 11.0. The highest BCUT2D eigenvalue weighted by molar-refractivity contribution is 7.99. The Balaban J connectivity index is 3.66. The third kappa shape index (κ3) is 6.23. The Labute approximate surface area is 89.6 Å². The molecule has 0 aliphatic carbocycles. The third-order valence-electron chi connectivity index (χ3n) is 1.79. The van der Waals surface area contributed by atoms with Gasteiger partial charge in [-0.2, -0.15) is 11.8 Å². The maximum Gasteiger partial charge on any atom is 0.235 e. The summed E-state index contributed by atoms with van der Waals surface area (Å²) < 4.78 is 0. The van der Waals surface area contributed by atoms with Gasteiger partial charge < -0.3 is 16.2 Å². The van der Waals surface area contributed by atoms with Gasteiger partial charge in [-0.15, -0.1) is 0 Å². The number of rotatable bonds is 8. The van der Waals surface area contributed by atoms with Gasteiger partial charge in [0.1, 0.15) is 0 Å². The van der Waals surface area contributed by atoms with Crippen LogP contribution >= 0.6 is 11.8 Å². The van der Waals surface area contributed by atoms with E-state index in [0.717, 1.165) is 12.3 Å². The molecule has 0 fully saturated rings. The van der Waals surface area contributed by atoms with E-state index in [1.807, 2.05) is 13.8 Å². The Kier molecular flexibility index (Phi) is 7.93. The molecule has 1 amide bonds. The zero-order valence-electron chi connectivity index (χ0n) is 8.82. The highest BCUT2D eigenvalue weighted by Gasteiger charge is 2.13. The maximum absolute atomic E-state index is 10.9. The Morgan fingerprint density at radius 2 is 2.21 bits per heavy atom. The van der Waals surface area contributed by atoms with Crippen molar-refractivity contribution >= 4 is 17.7 Å². The molecule has 0 radical (unpaired) electrons. The minimum absolute atomic E-state index is 0.190. The monoisotopic (exact) mass is 220 g/mol. The molecule has 0 aliphatic rings. The Bertz CT molecular complexity index is 167. The van der Waals surface area contributed by atoms with Crippen LogP contribution in [0.5, 0.6) is 0 Å². The lowest BCUT2D eigenvalue weighted by Gasteiger charge is -2.14. The number of nitrogens with two attached hydrogens (primary N) is 1. The summed E-state index contributed by atoms with van der Waals surface area (Å²) in [5.74, 6) is 1.49. The van der Waals surface area contributed by atoms with Gasteiger partial charge in [0.05, 0.1) is 6.04 Å². The highest BCUT2D eigenvalue weighted by atomic mass is 32.2. The molecule has 4 N–H and O–H groups in total. The van der Waals surface area contributed by atoms with Gasteiger partial charge in [0, 0.05) is 12.4 Å². The molecule has 0 aromatic rings. The van der Waals surface area contributed by atoms with E-state index in [-0.39, 0.29) is 24.5 Å². The van der Waals surface area contributed by atoms with Gasteiger partial charge in [-0.05, 0) is 18.2 Å². The SMILES string of the molecule is CCNC(CSCC(C)CO)C(N)=O.